The lowest BCUT2D eigenvalue weighted by Crippen LogP contribution is -2.41. The summed E-state index contributed by atoms with van der Waals surface area (Å²) in [5.74, 6) is 0.111. The van der Waals surface area contributed by atoms with Crippen molar-refractivity contribution in [3.8, 4) is 5.75 Å². The minimum absolute atomic E-state index is 0.159. The van der Waals surface area contributed by atoms with E-state index in [9.17, 15) is 9.59 Å². The molecule has 38 heavy (non-hydrogen) atoms. The number of pyridine rings is 1. The molecule has 7 nitrogen and oxygen atoms in total. The standard InChI is InChI=1S/C31H32N4O3/c1-34(2)27-16-14-26(15-17-27)33-31(37)30(25-12-7-13-28(20-25)38-3)35(22-24-11-8-18-32-21-24)29(36)19-23-9-5-4-6-10-23/h4-18,20-21,30H,19,22H2,1-3H3,(H,33,37). The Morgan fingerprint density at radius 1 is 0.895 bits per heavy atom. The molecule has 0 saturated carbocycles. The third-order valence-electron chi connectivity index (χ3n) is 6.22. The Hall–Kier alpha value is -4.65. The van der Waals surface area contributed by atoms with Crippen LogP contribution >= 0.6 is 0 Å². The van der Waals surface area contributed by atoms with E-state index >= 15 is 0 Å². The van der Waals surface area contributed by atoms with Crippen LogP contribution in [0.3, 0.4) is 0 Å². The highest BCUT2D eigenvalue weighted by molar-refractivity contribution is 5.98. The fourth-order valence-corrected chi connectivity index (χ4v) is 4.22. The highest BCUT2D eigenvalue weighted by Gasteiger charge is 2.32. The highest BCUT2D eigenvalue weighted by Crippen LogP contribution is 2.29. The van der Waals surface area contributed by atoms with Gasteiger partial charge in [-0.25, -0.2) is 0 Å². The zero-order valence-corrected chi connectivity index (χ0v) is 21.9. The molecule has 4 aromatic rings. The summed E-state index contributed by atoms with van der Waals surface area (Å²) in [6, 6.07) is 27.2. The van der Waals surface area contributed by atoms with Crippen molar-refractivity contribution in [1.82, 2.24) is 9.88 Å². The van der Waals surface area contributed by atoms with Crippen molar-refractivity contribution < 1.29 is 14.3 Å². The zero-order chi connectivity index (χ0) is 26.9. The van der Waals surface area contributed by atoms with Crippen molar-refractivity contribution in [2.45, 2.75) is 19.0 Å². The van der Waals surface area contributed by atoms with E-state index in [1.807, 2.05) is 104 Å². The van der Waals surface area contributed by atoms with E-state index in [1.54, 1.807) is 30.5 Å². The van der Waals surface area contributed by atoms with E-state index in [-0.39, 0.29) is 24.8 Å². The summed E-state index contributed by atoms with van der Waals surface area (Å²) in [6.07, 6.45) is 3.55. The van der Waals surface area contributed by atoms with E-state index < -0.39 is 6.04 Å². The van der Waals surface area contributed by atoms with Gasteiger partial charge >= 0.3 is 0 Å². The molecule has 4 rings (SSSR count). The van der Waals surface area contributed by atoms with Gasteiger partial charge in [-0.15, -0.1) is 0 Å². The number of methoxy groups -OCH3 is 1. The van der Waals surface area contributed by atoms with Crippen LogP contribution in [-0.2, 0) is 22.6 Å². The predicted molar refractivity (Wildman–Crippen MR) is 150 cm³/mol. The monoisotopic (exact) mass is 508 g/mol. The topological polar surface area (TPSA) is 74.8 Å². The summed E-state index contributed by atoms with van der Waals surface area (Å²) in [7, 11) is 5.50. The molecule has 1 heterocycles. The molecule has 3 aromatic carbocycles. The maximum absolute atomic E-state index is 13.9. The van der Waals surface area contributed by atoms with Crippen molar-refractivity contribution >= 4 is 23.2 Å². The second kappa shape index (κ2) is 12.5. The largest absolute Gasteiger partial charge is 0.497 e. The minimum atomic E-state index is -0.907. The van der Waals surface area contributed by atoms with E-state index in [2.05, 4.69) is 10.3 Å². The summed E-state index contributed by atoms with van der Waals surface area (Å²) in [5.41, 5.74) is 4.01. The number of nitrogens with one attached hydrogen (secondary N) is 1. The van der Waals surface area contributed by atoms with Crippen LogP contribution in [0.2, 0.25) is 0 Å². The normalized spacial score (nSPS) is 11.3. The molecule has 1 N–H and O–H groups in total. The van der Waals surface area contributed by atoms with Gasteiger partial charge in [-0.05, 0) is 59.2 Å². The van der Waals surface area contributed by atoms with Gasteiger partial charge in [0.1, 0.15) is 11.8 Å². The van der Waals surface area contributed by atoms with Crippen molar-refractivity contribution in [1.29, 1.82) is 0 Å². The van der Waals surface area contributed by atoms with E-state index in [0.717, 1.165) is 16.8 Å². The molecule has 7 heteroatoms. The van der Waals surface area contributed by atoms with Gasteiger partial charge in [-0.3, -0.25) is 14.6 Å². The number of anilines is 2. The average Bonchev–Trinajstić information content (AvgIpc) is 2.94. The molecule has 0 spiro atoms. The minimum Gasteiger partial charge on any atom is -0.497 e. The smallest absolute Gasteiger partial charge is 0.251 e. The van der Waals surface area contributed by atoms with Crippen molar-refractivity contribution in [3.05, 3.63) is 120 Å². The molecule has 0 saturated heterocycles. The number of hydrogen-bond acceptors (Lipinski definition) is 5. The second-order valence-corrected chi connectivity index (χ2v) is 9.15. The van der Waals surface area contributed by atoms with Crippen molar-refractivity contribution in [2.75, 3.05) is 31.4 Å². The zero-order valence-electron chi connectivity index (χ0n) is 21.9. The van der Waals surface area contributed by atoms with Gasteiger partial charge in [0.05, 0.1) is 13.5 Å². The van der Waals surface area contributed by atoms with E-state index in [4.69, 9.17) is 4.74 Å². The van der Waals surface area contributed by atoms with Crippen LogP contribution in [0, 0.1) is 0 Å². The molecule has 0 aliphatic rings. The van der Waals surface area contributed by atoms with Gasteiger partial charge in [-0.2, -0.15) is 0 Å². The number of aromatic nitrogens is 1. The van der Waals surface area contributed by atoms with Crippen LogP contribution < -0.4 is 15.0 Å². The van der Waals surface area contributed by atoms with Crippen LogP contribution in [0.4, 0.5) is 11.4 Å². The number of amides is 2. The lowest BCUT2D eigenvalue weighted by molar-refractivity contribution is -0.139. The number of benzene rings is 3. The van der Waals surface area contributed by atoms with E-state index in [1.165, 1.54) is 0 Å². The van der Waals surface area contributed by atoms with Gasteiger partial charge in [0, 0.05) is 44.4 Å². The van der Waals surface area contributed by atoms with Crippen LogP contribution in [-0.4, -0.2) is 42.9 Å². The van der Waals surface area contributed by atoms with Gasteiger partial charge in [0.2, 0.25) is 5.91 Å². The Morgan fingerprint density at radius 2 is 1.63 bits per heavy atom. The second-order valence-electron chi connectivity index (χ2n) is 9.15. The fourth-order valence-electron chi connectivity index (χ4n) is 4.22. The predicted octanol–water partition coefficient (Wildman–Crippen LogP) is 5.11. The lowest BCUT2D eigenvalue weighted by Gasteiger charge is -2.32. The van der Waals surface area contributed by atoms with Crippen molar-refractivity contribution in [3.63, 3.8) is 0 Å². The molecule has 2 amide bonds. The average molecular weight is 509 g/mol. The van der Waals surface area contributed by atoms with Gasteiger partial charge in [0.15, 0.2) is 0 Å². The van der Waals surface area contributed by atoms with Crippen LogP contribution in [0.5, 0.6) is 5.75 Å². The maximum Gasteiger partial charge on any atom is 0.251 e. The molecule has 0 aliphatic carbocycles. The van der Waals surface area contributed by atoms with Gasteiger partial charge in [-0.1, -0.05) is 48.5 Å². The SMILES string of the molecule is COc1cccc(C(C(=O)Nc2ccc(N(C)C)cc2)N(Cc2cccnc2)C(=O)Cc2ccccc2)c1. The summed E-state index contributed by atoms with van der Waals surface area (Å²) >= 11 is 0. The highest BCUT2D eigenvalue weighted by atomic mass is 16.5. The van der Waals surface area contributed by atoms with Crippen molar-refractivity contribution in [2.24, 2.45) is 0 Å². The summed E-state index contributed by atoms with van der Waals surface area (Å²) < 4.78 is 5.44. The van der Waals surface area contributed by atoms with Crippen LogP contribution in [0.1, 0.15) is 22.7 Å². The molecule has 0 radical (unpaired) electrons. The number of carbonyl (C=O) groups is 2. The number of rotatable bonds is 10. The molecule has 1 unspecified atom stereocenters. The summed E-state index contributed by atoms with van der Waals surface area (Å²) in [5, 5.41) is 3.02. The first kappa shape index (κ1) is 26.4. The molecular weight excluding hydrogens is 476 g/mol. The molecule has 1 atom stereocenters. The summed E-state index contributed by atoms with van der Waals surface area (Å²) in [4.78, 5) is 35.6. The molecule has 0 aliphatic heterocycles. The Bertz CT molecular complexity index is 1340. The first-order valence-electron chi connectivity index (χ1n) is 12.4. The first-order valence-corrected chi connectivity index (χ1v) is 12.4. The first-order chi connectivity index (χ1) is 18.4. The quantitative estimate of drug-likeness (QED) is 0.322. The Morgan fingerprint density at radius 3 is 2.29 bits per heavy atom. The molecule has 1 aromatic heterocycles. The molecule has 0 bridgehead atoms. The third kappa shape index (κ3) is 6.76. The number of carbonyl (C=O) groups excluding carboxylic acids is 2. The fraction of sp³-hybridized carbons (Fsp3) is 0.194. The number of hydrogen-bond donors (Lipinski definition) is 1. The molecular formula is C31H32N4O3. The third-order valence-corrected chi connectivity index (χ3v) is 6.22. The van der Waals surface area contributed by atoms with Crippen LogP contribution in [0.25, 0.3) is 0 Å². The van der Waals surface area contributed by atoms with Gasteiger partial charge < -0.3 is 19.9 Å². The lowest BCUT2D eigenvalue weighted by atomic mass is 10.0. The maximum atomic E-state index is 13.9. The molecule has 194 valence electrons. The number of ether oxygens (including phenoxy) is 1. The Balaban J connectivity index is 1.73. The Labute approximate surface area is 223 Å². The van der Waals surface area contributed by atoms with Crippen LogP contribution in [0.15, 0.2) is 103 Å². The summed E-state index contributed by atoms with van der Waals surface area (Å²) in [6.45, 7) is 0.217. The number of nitrogens with zero attached hydrogens (tertiary/aromatic N) is 3. The van der Waals surface area contributed by atoms with Gasteiger partial charge in [0.25, 0.3) is 5.91 Å². The Kier molecular flexibility index (Phi) is 8.72. The molecule has 0 fully saturated rings. The van der Waals surface area contributed by atoms with E-state index in [0.29, 0.717) is 17.0 Å².